The minimum atomic E-state index is -0.657. The summed E-state index contributed by atoms with van der Waals surface area (Å²) >= 11 is 3.47. The average molecular weight is 377 g/mol. The van der Waals surface area contributed by atoms with E-state index < -0.39 is 6.10 Å². The average Bonchev–Trinajstić information content (AvgIpc) is 2.50. The summed E-state index contributed by atoms with van der Waals surface area (Å²) in [6, 6.07) is 13.8. The van der Waals surface area contributed by atoms with Crippen molar-refractivity contribution in [2.24, 2.45) is 0 Å². The van der Waals surface area contributed by atoms with Crippen LogP contribution >= 0.6 is 15.9 Å². The van der Waals surface area contributed by atoms with Gasteiger partial charge in [-0.3, -0.25) is 0 Å². The van der Waals surface area contributed by atoms with E-state index >= 15 is 0 Å². The molecule has 122 valence electrons. The second-order valence-electron chi connectivity index (χ2n) is 5.42. The summed E-state index contributed by atoms with van der Waals surface area (Å²) in [6.45, 7) is 6.08. The van der Waals surface area contributed by atoms with Gasteiger partial charge in [0.25, 0.3) is 0 Å². The first-order chi connectivity index (χ1) is 11.0. The molecule has 4 heteroatoms. The summed E-state index contributed by atoms with van der Waals surface area (Å²) in [7, 11) is 0. The number of hydrogen-bond acceptors (Lipinski definition) is 3. The number of benzene rings is 2. The van der Waals surface area contributed by atoms with Gasteiger partial charge in [-0.05, 0) is 49.6 Å². The van der Waals surface area contributed by atoms with E-state index in [4.69, 9.17) is 9.47 Å². The number of carbonyl (C=O) groups excluding carboxylic acids is 1. The van der Waals surface area contributed by atoms with Crippen molar-refractivity contribution >= 4 is 21.9 Å². The molecule has 0 unspecified atom stereocenters. The predicted molar refractivity (Wildman–Crippen MR) is 94.8 cm³/mol. The molecule has 0 fully saturated rings. The third kappa shape index (κ3) is 4.83. The molecule has 2 aromatic rings. The molecule has 0 aliphatic carbocycles. The summed E-state index contributed by atoms with van der Waals surface area (Å²) in [5.74, 6) is 0.403. The standard InChI is InChI=1S/C19H21BrO3/c1-4-22-19(21)17(12-15-8-6-5-7-9-15)23-18-13(2)10-16(20)11-14(18)3/h5-11,17H,4,12H2,1-3H3/t17-/m0/s1. The van der Waals surface area contributed by atoms with Crippen molar-refractivity contribution in [3.8, 4) is 5.75 Å². The van der Waals surface area contributed by atoms with E-state index in [0.717, 1.165) is 26.9 Å². The molecule has 0 aliphatic heterocycles. The molecule has 1 atom stereocenters. The Bertz CT molecular complexity index is 645. The molecular formula is C19H21BrO3. The Balaban J connectivity index is 2.26. The number of carbonyl (C=O) groups is 1. The van der Waals surface area contributed by atoms with Crippen LogP contribution < -0.4 is 4.74 Å². The molecule has 3 nitrogen and oxygen atoms in total. The number of halogens is 1. The van der Waals surface area contributed by atoms with Crippen LogP contribution in [-0.2, 0) is 16.0 Å². The van der Waals surface area contributed by atoms with E-state index in [9.17, 15) is 4.79 Å². The Labute approximate surface area is 145 Å². The Kier molecular flexibility index (Phi) is 6.22. The Morgan fingerprint density at radius 3 is 2.30 bits per heavy atom. The highest BCUT2D eigenvalue weighted by Gasteiger charge is 2.24. The van der Waals surface area contributed by atoms with E-state index in [2.05, 4.69) is 15.9 Å². The molecule has 0 radical (unpaired) electrons. The molecule has 2 rings (SSSR count). The van der Waals surface area contributed by atoms with Gasteiger partial charge in [-0.25, -0.2) is 4.79 Å². The highest BCUT2D eigenvalue weighted by atomic mass is 79.9. The highest BCUT2D eigenvalue weighted by molar-refractivity contribution is 9.10. The normalized spacial score (nSPS) is 11.8. The molecule has 0 bridgehead atoms. The van der Waals surface area contributed by atoms with Crippen LogP contribution in [-0.4, -0.2) is 18.7 Å². The number of aryl methyl sites for hydroxylation is 2. The van der Waals surface area contributed by atoms with E-state index in [0.29, 0.717) is 13.0 Å². The predicted octanol–water partition coefficient (Wildman–Crippen LogP) is 4.62. The van der Waals surface area contributed by atoms with E-state index in [1.165, 1.54) is 0 Å². The van der Waals surface area contributed by atoms with Crippen LogP contribution in [0.1, 0.15) is 23.6 Å². The smallest absolute Gasteiger partial charge is 0.347 e. The van der Waals surface area contributed by atoms with Gasteiger partial charge in [-0.15, -0.1) is 0 Å². The summed E-state index contributed by atoms with van der Waals surface area (Å²) in [6.07, 6.45) is -0.176. The molecule has 0 N–H and O–H groups in total. The second kappa shape index (κ2) is 8.16. The molecular weight excluding hydrogens is 356 g/mol. The van der Waals surface area contributed by atoms with Crippen LogP contribution in [0.4, 0.5) is 0 Å². The minimum absolute atomic E-state index is 0.335. The zero-order chi connectivity index (χ0) is 16.8. The molecule has 0 saturated carbocycles. The number of rotatable bonds is 6. The van der Waals surface area contributed by atoms with Crippen LogP contribution in [0.25, 0.3) is 0 Å². The third-order valence-corrected chi connectivity index (χ3v) is 3.96. The monoisotopic (exact) mass is 376 g/mol. The van der Waals surface area contributed by atoms with Crippen LogP contribution in [0.15, 0.2) is 46.9 Å². The maximum Gasteiger partial charge on any atom is 0.347 e. The lowest BCUT2D eigenvalue weighted by Crippen LogP contribution is -2.32. The zero-order valence-corrected chi connectivity index (χ0v) is 15.2. The van der Waals surface area contributed by atoms with Gasteiger partial charge < -0.3 is 9.47 Å². The number of esters is 1. The maximum atomic E-state index is 12.3. The van der Waals surface area contributed by atoms with Crippen molar-refractivity contribution in [3.63, 3.8) is 0 Å². The van der Waals surface area contributed by atoms with Crippen molar-refractivity contribution in [2.75, 3.05) is 6.61 Å². The van der Waals surface area contributed by atoms with Gasteiger partial charge in [0.2, 0.25) is 0 Å². The fourth-order valence-corrected chi connectivity index (χ4v) is 3.15. The molecule has 0 amide bonds. The molecule has 0 aromatic heterocycles. The van der Waals surface area contributed by atoms with Gasteiger partial charge in [-0.1, -0.05) is 46.3 Å². The van der Waals surface area contributed by atoms with Crippen LogP contribution in [0.3, 0.4) is 0 Å². The number of ether oxygens (including phenoxy) is 2. The Morgan fingerprint density at radius 1 is 1.13 bits per heavy atom. The summed E-state index contributed by atoms with van der Waals surface area (Å²) in [4.78, 5) is 12.3. The lowest BCUT2D eigenvalue weighted by Gasteiger charge is -2.21. The van der Waals surface area contributed by atoms with Gasteiger partial charge >= 0.3 is 5.97 Å². The largest absolute Gasteiger partial charge is 0.478 e. The van der Waals surface area contributed by atoms with E-state index in [1.807, 2.05) is 56.3 Å². The van der Waals surface area contributed by atoms with Crippen LogP contribution in [0, 0.1) is 13.8 Å². The van der Waals surface area contributed by atoms with Gasteiger partial charge in [0.1, 0.15) is 5.75 Å². The maximum absolute atomic E-state index is 12.3. The molecule has 2 aromatic carbocycles. The Hall–Kier alpha value is -1.81. The first-order valence-corrected chi connectivity index (χ1v) is 8.44. The fraction of sp³-hybridized carbons (Fsp3) is 0.316. The van der Waals surface area contributed by atoms with Gasteiger partial charge in [0.15, 0.2) is 6.10 Å². The lowest BCUT2D eigenvalue weighted by atomic mass is 10.1. The first-order valence-electron chi connectivity index (χ1n) is 7.65. The van der Waals surface area contributed by atoms with Crippen molar-refractivity contribution < 1.29 is 14.3 Å². The first kappa shape index (κ1) is 17.5. The SMILES string of the molecule is CCOC(=O)[C@H](Cc1ccccc1)Oc1c(C)cc(Br)cc1C. The summed E-state index contributed by atoms with van der Waals surface area (Å²) in [5.41, 5.74) is 3.01. The molecule has 0 aliphatic rings. The lowest BCUT2D eigenvalue weighted by molar-refractivity contribution is -0.151. The van der Waals surface area contributed by atoms with Crippen LogP contribution in [0.2, 0.25) is 0 Å². The summed E-state index contributed by atoms with van der Waals surface area (Å²) in [5, 5.41) is 0. The van der Waals surface area contributed by atoms with Crippen LogP contribution in [0.5, 0.6) is 5.75 Å². The molecule has 0 spiro atoms. The topological polar surface area (TPSA) is 35.5 Å². The molecule has 0 heterocycles. The number of hydrogen-bond donors (Lipinski definition) is 0. The van der Waals surface area contributed by atoms with Gasteiger partial charge in [0.05, 0.1) is 6.61 Å². The molecule has 0 saturated heterocycles. The van der Waals surface area contributed by atoms with E-state index in [1.54, 1.807) is 6.92 Å². The quantitative estimate of drug-likeness (QED) is 0.690. The third-order valence-electron chi connectivity index (χ3n) is 3.50. The zero-order valence-electron chi connectivity index (χ0n) is 13.6. The highest BCUT2D eigenvalue weighted by Crippen LogP contribution is 2.29. The summed E-state index contributed by atoms with van der Waals surface area (Å²) < 4.78 is 12.2. The van der Waals surface area contributed by atoms with Crippen molar-refractivity contribution in [1.82, 2.24) is 0 Å². The minimum Gasteiger partial charge on any atom is -0.478 e. The van der Waals surface area contributed by atoms with Crippen molar-refractivity contribution in [3.05, 3.63) is 63.6 Å². The van der Waals surface area contributed by atoms with Crippen molar-refractivity contribution in [1.29, 1.82) is 0 Å². The van der Waals surface area contributed by atoms with Gasteiger partial charge in [0, 0.05) is 10.9 Å². The van der Waals surface area contributed by atoms with Crippen molar-refractivity contribution in [2.45, 2.75) is 33.3 Å². The second-order valence-corrected chi connectivity index (χ2v) is 6.33. The fourth-order valence-electron chi connectivity index (χ4n) is 2.46. The molecule has 23 heavy (non-hydrogen) atoms. The Morgan fingerprint density at radius 2 is 1.74 bits per heavy atom. The van der Waals surface area contributed by atoms with E-state index in [-0.39, 0.29) is 5.97 Å². The van der Waals surface area contributed by atoms with Gasteiger partial charge in [-0.2, -0.15) is 0 Å².